The van der Waals surface area contributed by atoms with Gasteiger partial charge in [-0.05, 0) is 133 Å². The van der Waals surface area contributed by atoms with Crippen molar-refractivity contribution in [2.45, 2.75) is 25.2 Å². The second kappa shape index (κ2) is 13.3. The molecular weight excluding hydrogens is 792 g/mol. The molecule has 300 valence electrons. The van der Waals surface area contributed by atoms with Crippen molar-refractivity contribution in [3.05, 3.63) is 234 Å². The zero-order valence-corrected chi connectivity index (χ0v) is 36.4. The van der Waals surface area contributed by atoms with Crippen LogP contribution in [0.15, 0.2) is 206 Å². The first-order valence-electron chi connectivity index (χ1n) is 22.6. The molecule has 2 aliphatic heterocycles. The zero-order valence-electron chi connectivity index (χ0n) is 35.6. The number of hydrogen-bond acceptors (Lipinski definition) is 3. The van der Waals surface area contributed by atoms with Gasteiger partial charge in [0.2, 0.25) is 0 Å². The van der Waals surface area contributed by atoms with Crippen molar-refractivity contribution in [2.75, 3.05) is 9.80 Å². The van der Waals surface area contributed by atoms with Gasteiger partial charge in [0, 0.05) is 43.3 Å². The van der Waals surface area contributed by atoms with Crippen LogP contribution in [0.5, 0.6) is 0 Å². The number of fused-ring (bicyclic) bond motifs is 16. The molecule has 2 nitrogen and oxygen atoms in total. The Hall–Kier alpha value is -7.40. The Balaban J connectivity index is 1.06. The van der Waals surface area contributed by atoms with Crippen LogP contribution in [0.25, 0.3) is 43.5 Å². The van der Waals surface area contributed by atoms with Gasteiger partial charge in [0.25, 0.3) is 6.71 Å². The van der Waals surface area contributed by atoms with Crippen LogP contribution in [0, 0.1) is 0 Å². The van der Waals surface area contributed by atoms with Gasteiger partial charge in [-0.2, -0.15) is 0 Å². The third kappa shape index (κ3) is 4.71. The fraction of sp³-hybridized carbons (Fsp3) is 0.0667. The van der Waals surface area contributed by atoms with Crippen molar-refractivity contribution in [1.29, 1.82) is 0 Å². The molecule has 0 saturated heterocycles. The summed E-state index contributed by atoms with van der Waals surface area (Å²) in [5, 5.41) is 1.30. The molecule has 64 heavy (non-hydrogen) atoms. The van der Waals surface area contributed by atoms with Crippen molar-refractivity contribution in [2.24, 2.45) is 0 Å². The Kier molecular flexibility index (Phi) is 7.51. The predicted molar refractivity (Wildman–Crippen MR) is 272 cm³/mol. The number of anilines is 6. The highest BCUT2D eigenvalue weighted by Gasteiger charge is 2.52. The molecule has 0 fully saturated rings. The average Bonchev–Trinajstić information content (AvgIpc) is 3.97. The number of thiophene rings is 1. The van der Waals surface area contributed by atoms with Crippen LogP contribution in [0.1, 0.15) is 47.6 Å². The molecule has 0 N–H and O–H groups in total. The third-order valence-electron chi connectivity index (χ3n) is 14.6. The summed E-state index contributed by atoms with van der Waals surface area (Å²) >= 11 is 1.99. The molecule has 0 radical (unpaired) electrons. The summed E-state index contributed by atoms with van der Waals surface area (Å²) in [4.78, 5) is 5.09. The van der Waals surface area contributed by atoms with E-state index in [2.05, 4.69) is 230 Å². The van der Waals surface area contributed by atoms with E-state index < -0.39 is 5.41 Å². The summed E-state index contributed by atoms with van der Waals surface area (Å²) in [5.41, 5.74) is 24.3. The topological polar surface area (TPSA) is 6.48 Å². The maximum Gasteiger partial charge on any atom is 0.264 e. The molecule has 14 rings (SSSR count). The van der Waals surface area contributed by atoms with Gasteiger partial charge in [0.05, 0.1) is 11.1 Å². The molecule has 0 amide bonds. The highest BCUT2D eigenvalue weighted by molar-refractivity contribution is 7.33. The first kappa shape index (κ1) is 36.1. The lowest BCUT2D eigenvalue weighted by atomic mass is 9.36. The molecular formula is C60H41BN2S. The van der Waals surface area contributed by atoms with Crippen molar-refractivity contribution >= 4 is 78.0 Å². The number of para-hydroxylation sites is 2. The minimum Gasteiger partial charge on any atom is -0.311 e. The van der Waals surface area contributed by atoms with Gasteiger partial charge in [0.1, 0.15) is 0 Å². The van der Waals surface area contributed by atoms with Gasteiger partial charge in [0.15, 0.2) is 0 Å². The minimum absolute atomic E-state index is 0.0370. The first-order chi connectivity index (χ1) is 31.6. The highest BCUT2D eigenvalue weighted by atomic mass is 32.1. The standard InChI is InChI=1S/C60H41BN2S/c1-37(2)38-28-30-39(31-29-38)40-32-33-52-55(34-40)62(41-16-5-3-6-17-41)53-26-15-27-54-57(53)61(52)59-58(63(54)42-18-7-4-8-19-42)47-35-46-45-22-11-14-25-50(45)60(51(46)36-56(47)64-59)48-23-12-9-20-43(48)44-21-10-13-24-49(44)60/h3-37H,1-2H3. The summed E-state index contributed by atoms with van der Waals surface area (Å²) in [7, 11) is 0. The number of nitrogens with zero attached hydrogens (tertiary/aromatic N) is 2. The normalized spacial score (nSPS) is 14.3. The van der Waals surface area contributed by atoms with Crippen molar-refractivity contribution in [3.8, 4) is 33.4 Å². The van der Waals surface area contributed by atoms with E-state index >= 15 is 0 Å². The van der Waals surface area contributed by atoms with Gasteiger partial charge < -0.3 is 9.80 Å². The van der Waals surface area contributed by atoms with E-state index in [1.54, 1.807) is 0 Å². The van der Waals surface area contributed by atoms with Gasteiger partial charge >= 0.3 is 0 Å². The van der Waals surface area contributed by atoms with E-state index in [9.17, 15) is 0 Å². The zero-order chi connectivity index (χ0) is 42.3. The predicted octanol–water partition coefficient (Wildman–Crippen LogP) is 14.1. The highest BCUT2D eigenvalue weighted by Crippen LogP contribution is 2.64. The van der Waals surface area contributed by atoms with Crippen molar-refractivity contribution < 1.29 is 0 Å². The Morgan fingerprint density at radius 2 is 1.00 bits per heavy atom. The quantitative estimate of drug-likeness (QED) is 0.163. The Morgan fingerprint density at radius 3 is 1.62 bits per heavy atom. The molecule has 0 bridgehead atoms. The molecule has 3 heterocycles. The maximum atomic E-state index is 2.59. The molecule has 2 aliphatic carbocycles. The van der Waals surface area contributed by atoms with Gasteiger partial charge in [-0.3, -0.25) is 0 Å². The third-order valence-corrected chi connectivity index (χ3v) is 15.9. The van der Waals surface area contributed by atoms with Crippen molar-refractivity contribution in [3.63, 3.8) is 0 Å². The number of hydrogen-bond donors (Lipinski definition) is 0. The van der Waals surface area contributed by atoms with Gasteiger partial charge in [-0.15, -0.1) is 11.3 Å². The van der Waals surface area contributed by atoms with E-state index in [4.69, 9.17) is 0 Å². The second-order valence-corrected chi connectivity index (χ2v) is 19.2. The largest absolute Gasteiger partial charge is 0.311 e. The molecule has 1 spiro atoms. The lowest BCUT2D eigenvalue weighted by Gasteiger charge is -2.43. The van der Waals surface area contributed by atoms with Gasteiger partial charge in [-0.25, -0.2) is 0 Å². The number of benzene rings is 9. The van der Waals surface area contributed by atoms with Crippen LogP contribution in [0.2, 0.25) is 0 Å². The van der Waals surface area contributed by atoms with E-state index in [-0.39, 0.29) is 6.71 Å². The molecule has 1 aromatic heterocycles. The summed E-state index contributed by atoms with van der Waals surface area (Å²) in [6, 6.07) is 78.0. The summed E-state index contributed by atoms with van der Waals surface area (Å²) in [5.74, 6) is 0.486. The Labute approximate surface area is 378 Å². The van der Waals surface area contributed by atoms with E-state index in [0.29, 0.717) is 5.92 Å². The summed E-state index contributed by atoms with van der Waals surface area (Å²) in [6.45, 7) is 4.56. The molecule has 4 heteroatoms. The van der Waals surface area contributed by atoms with E-state index in [1.807, 2.05) is 11.3 Å². The minimum atomic E-state index is -0.398. The van der Waals surface area contributed by atoms with Crippen LogP contribution in [0.3, 0.4) is 0 Å². The first-order valence-corrected chi connectivity index (χ1v) is 23.4. The molecule has 0 atom stereocenters. The SMILES string of the molecule is CC(C)c1ccc(-c2ccc3c(c2)N(c2ccccc2)c2cccc4c2B3c2sc3cc5c(cc3c2N4c2ccccc2)-c2ccccc2C52c3ccccc3-c3ccccc32)cc1. The fourth-order valence-corrected chi connectivity index (χ4v) is 13.3. The Morgan fingerprint density at radius 1 is 0.453 bits per heavy atom. The van der Waals surface area contributed by atoms with Crippen LogP contribution in [-0.4, -0.2) is 6.71 Å². The molecule has 0 unspecified atom stereocenters. The van der Waals surface area contributed by atoms with Gasteiger partial charge in [-0.1, -0.05) is 166 Å². The summed E-state index contributed by atoms with van der Waals surface area (Å²) < 4.78 is 2.71. The number of rotatable bonds is 4. The van der Waals surface area contributed by atoms with E-state index in [1.165, 1.54) is 115 Å². The maximum absolute atomic E-state index is 2.59. The molecule has 4 aliphatic rings. The van der Waals surface area contributed by atoms with Crippen LogP contribution >= 0.6 is 11.3 Å². The molecule has 9 aromatic carbocycles. The van der Waals surface area contributed by atoms with Crippen molar-refractivity contribution in [1.82, 2.24) is 0 Å². The molecule has 10 aromatic rings. The Bertz CT molecular complexity index is 3510. The monoisotopic (exact) mass is 832 g/mol. The summed E-state index contributed by atoms with van der Waals surface area (Å²) in [6.07, 6.45) is 0. The smallest absolute Gasteiger partial charge is 0.264 e. The van der Waals surface area contributed by atoms with Crippen LogP contribution in [-0.2, 0) is 5.41 Å². The van der Waals surface area contributed by atoms with E-state index in [0.717, 1.165) is 5.69 Å². The molecule has 0 saturated carbocycles. The lowest BCUT2D eigenvalue weighted by molar-refractivity contribution is 0.795. The van der Waals surface area contributed by atoms with Crippen LogP contribution in [0.4, 0.5) is 34.1 Å². The lowest BCUT2D eigenvalue weighted by Crippen LogP contribution is -2.60. The average molecular weight is 833 g/mol. The van der Waals surface area contributed by atoms with Crippen LogP contribution < -0.4 is 25.5 Å². The fourth-order valence-electron chi connectivity index (χ4n) is 11.9. The second-order valence-electron chi connectivity index (χ2n) is 18.1.